The number of hydrogen-bond donors (Lipinski definition) is 3. The third-order valence-electron chi connectivity index (χ3n) is 2.61. The number of phenolic OH excluding ortho intramolecular Hbond substituents is 1. The number of nitrogens with one attached hydrogen (secondary N) is 2. The molecule has 4 nitrogen and oxygen atoms in total. The maximum absolute atomic E-state index is 11.6. The average molecular weight is 256 g/mol. The molecular formula is C15H16N2O2. The number of benzene rings is 2. The van der Waals surface area contributed by atoms with Gasteiger partial charge in [-0.15, -0.1) is 0 Å². The molecule has 2 rings (SSSR count). The van der Waals surface area contributed by atoms with Gasteiger partial charge in [-0.1, -0.05) is 30.3 Å². The van der Waals surface area contributed by atoms with Crippen molar-refractivity contribution in [2.24, 2.45) is 0 Å². The molecule has 0 aliphatic heterocycles. The minimum atomic E-state index is -0.0787. The zero-order valence-electron chi connectivity index (χ0n) is 10.5. The molecule has 4 heteroatoms. The topological polar surface area (TPSA) is 61.4 Å². The summed E-state index contributed by atoms with van der Waals surface area (Å²) in [7, 11) is 0. The van der Waals surface area contributed by atoms with E-state index in [4.69, 9.17) is 5.11 Å². The fraction of sp³-hybridized carbons (Fsp3) is 0.133. The van der Waals surface area contributed by atoms with E-state index in [1.54, 1.807) is 12.1 Å². The summed E-state index contributed by atoms with van der Waals surface area (Å²) in [4.78, 5) is 11.6. The van der Waals surface area contributed by atoms with E-state index in [2.05, 4.69) is 10.6 Å². The molecule has 0 saturated carbocycles. The zero-order valence-corrected chi connectivity index (χ0v) is 10.5. The van der Waals surface area contributed by atoms with Crippen molar-refractivity contribution in [1.29, 1.82) is 0 Å². The van der Waals surface area contributed by atoms with E-state index in [1.165, 1.54) is 0 Å². The van der Waals surface area contributed by atoms with Crippen molar-refractivity contribution in [3.8, 4) is 5.75 Å². The molecule has 1 amide bonds. The molecule has 0 aromatic heterocycles. The molecule has 98 valence electrons. The highest BCUT2D eigenvalue weighted by Gasteiger charge is 2.01. The van der Waals surface area contributed by atoms with Gasteiger partial charge in [0.05, 0.1) is 6.54 Å². The fourth-order valence-corrected chi connectivity index (χ4v) is 1.66. The molecule has 0 unspecified atom stereocenters. The Bertz CT molecular complexity index is 524. The first-order chi connectivity index (χ1) is 9.24. The Balaban J connectivity index is 1.74. The molecule has 0 heterocycles. The van der Waals surface area contributed by atoms with Crippen LogP contribution >= 0.6 is 0 Å². The quantitative estimate of drug-likeness (QED) is 0.768. The smallest absolute Gasteiger partial charge is 0.238 e. The Morgan fingerprint density at radius 1 is 1.00 bits per heavy atom. The van der Waals surface area contributed by atoms with Crippen LogP contribution in [0.2, 0.25) is 0 Å². The average Bonchev–Trinajstić information content (AvgIpc) is 2.42. The maximum atomic E-state index is 11.6. The van der Waals surface area contributed by atoms with Crippen LogP contribution in [0.15, 0.2) is 54.6 Å². The lowest BCUT2D eigenvalue weighted by atomic mass is 10.2. The van der Waals surface area contributed by atoms with E-state index in [0.29, 0.717) is 6.54 Å². The molecule has 19 heavy (non-hydrogen) atoms. The lowest BCUT2D eigenvalue weighted by molar-refractivity contribution is -0.115. The number of aromatic hydroxyl groups is 1. The van der Waals surface area contributed by atoms with Gasteiger partial charge < -0.3 is 15.7 Å². The van der Waals surface area contributed by atoms with Crippen molar-refractivity contribution < 1.29 is 9.90 Å². The number of hydrogen-bond acceptors (Lipinski definition) is 3. The SMILES string of the molecule is O=C(CNCc1ccc(O)cc1)Nc1ccccc1. The van der Waals surface area contributed by atoms with Crippen LogP contribution in [0.1, 0.15) is 5.56 Å². The van der Waals surface area contributed by atoms with E-state index in [9.17, 15) is 4.79 Å². The summed E-state index contributed by atoms with van der Waals surface area (Å²) in [6, 6.07) is 16.2. The summed E-state index contributed by atoms with van der Waals surface area (Å²) in [6.45, 7) is 0.832. The van der Waals surface area contributed by atoms with E-state index in [-0.39, 0.29) is 18.2 Å². The highest BCUT2D eigenvalue weighted by Crippen LogP contribution is 2.09. The number of carbonyl (C=O) groups is 1. The third-order valence-corrected chi connectivity index (χ3v) is 2.61. The molecule has 2 aromatic rings. The number of para-hydroxylation sites is 1. The van der Waals surface area contributed by atoms with E-state index >= 15 is 0 Å². The van der Waals surface area contributed by atoms with Crippen LogP contribution < -0.4 is 10.6 Å². The maximum Gasteiger partial charge on any atom is 0.238 e. The van der Waals surface area contributed by atoms with Crippen LogP contribution in [0.3, 0.4) is 0 Å². The monoisotopic (exact) mass is 256 g/mol. The summed E-state index contributed by atoms with van der Waals surface area (Å²) in [5, 5.41) is 15.0. The molecule has 0 fully saturated rings. The predicted octanol–water partition coefficient (Wildman–Crippen LogP) is 2.12. The second-order valence-electron chi connectivity index (χ2n) is 4.18. The summed E-state index contributed by atoms with van der Waals surface area (Å²) in [5.41, 5.74) is 1.81. The lowest BCUT2D eigenvalue weighted by Crippen LogP contribution is -2.27. The number of amides is 1. The van der Waals surface area contributed by atoms with Crippen LogP contribution in [-0.4, -0.2) is 17.6 Å². The van der Waals surface area contributed by atoms with Gasteiger partial charge >= 0.3 is 0 Å². The number of rotatable bonds is 5. The van der Waals surface area contributed by atoms with E-state index < -0.39 is 0 Å². The van der Waals surface area contributed by atoms with Crippen molar-refractivity contribution in [2.75, 3.05) is 11.9 Å². The van der Waals surface area contributed by atoms with Gasteiger partial charge in [0, 0.05) is 12.2 Å². The molecule has 0 saturated heterocycles. The van der Waals surface area contributed by atoms with Crippen LogP contribution in [-0.2, 0) is 11.3 Å². The Labute approximate surface area is 112 Å². The first-order valence-electron chi connectivity index (χ1n) is 6.07. The summed E-state index contributed by atoms with van der Waals surface area (Å²) >= 11 is 0. The Kier molecular flexibility index (Phi) is 4.53. The second kappa shape index (κ2) is 6.56. The first kappa shape index (κ1) is 13.1. The fourth-order valence-electron chi connectivity index (χ4n) is 1.66. The summed E-state index contributed by atoms with van der Waals surface area (Å²) in [5.74, 6) is 0.163. The Morgan fingerprint density at radius 3 is 2.37 bits per heavy atom. The van der Waals surface area contributed by atoms with Gasteiger partial charge in [-0.25, -0.2) is 0 Å². The standard InChI is InChI=1S/C15H16N2O2/c18-14-8-6-12(7-9-14)10-16-11-15(19)17-13-4-2-1-3-5-13/h1-9,16,18H,10-11H2,(H,17,19). The summed E-state index contributed by atoms with van der Waals surface area (Å²) in [6.07, 6.45) is 0. The molecule has 0 aliphatic rings. The zero-order chi connectivity index (χ0) is 13.5. The van der Waals surface area contributed by atoms with Gasteiger partial charge in [0.1, 0.15) is 5.75 Å². The van der Waals surface area contributed by atoms with Gasteiger partial charge in [-0.3, -0.25) is 4.79 Å². The number of anilines is 1. The highest BCUT2D eigenvalue weighted by molar-refractivity contribution is 5.92. The van der Waals surface area contributed by atoms with Crippen molar-refractivity contribution in [3.05, 3.63) is 60.2 Å². The van der Waals surface area contributed by atoms with Crippen molar-refractivity contribution in [1.82, 2.24) is 5.32 Å². The highest BCUT2D eigenvalue weighted by atomic mass is 16.3. The summed E-state index contributed by atoms with van der Waals surface area (Å²) < 4.78 is 0. The molecule has 0 bridgehead atoms. The lowest BCUT2D eigenvalue weighted by Gasteiger charge is -2.06. The molecule has 3 N–H and O–H groups in total. The van der Waals surface area contributed by atoms with Crippen LogP contribution in [0.5, 0.6) is 5.75 Å². The Morgan fingerprint density at radius 2 is 1.68 bits per heavy atom. The molecule has 0 radical (unpaired) electrons. The predicted molar refractivity (Wildman–Crippen MR) is 74.9 cm³/mol. The van der Waals surface area contributed by atoms with Gasteiger partial charge in [0.15, 0.2) is 0 Å². The minimum Gasteiger partial charge on any atom is -0.508 e. The normalized spacial score (nSPS) is 10.1. The van der Waals surface area contributed by atoms with Crippen LogP contribution in [0.25, 0.3) is 0 Å². The van der Waals surface area contributed by atoms with Crippen LogP contribution in [0.4, 0.5) is 5.69 Å². The third kappa shape index (κ3) is 4.44. The van der Waals surface area contributed by atoms with Gasteiger partial charge in [-0.05, 0) is 29.8 Å². The molecule has 0 aliphatic carbocycles. The molecular weight excluding hydrogens is 240 g/mol. The van der Waals surface area contributed by atoms with Gasteiger partial charge in [-0.2, -0.15) is 0 Å². The number of phenols is 1. The van der Waals surface area contributed by atoms with Gasteiger partial charge in [0.2, 0.25) is 5.91 Å². The minimum absolute atomic E-state index is 0.0787. The molecule has 2 aromatic carbocycles. The molecule has 0 atom stereocenters. The van der Waals surface area contributed by atoms with E-state index in [0.717, 1.165) is 11.3 Å². The van der Waals surface area contributed by atoms with Crippen LogP contribution in [0, 0.1) is 0 Å². The largest absolute Gasteiger partial charge is 0.508 e. The Hall–Kier alpha value is -2.33. The first-order valence-corrected chi connectivity index (χ1v) is 6.07. The van der Waals surface area contributed by atoms with Crippen molar-refractivity contribution in [3.63, 3.8) is 0 Å². The number of carbonyl (C=O) groups excluding carboxylic acids is 1. The van der Waals surface area contributed by atoms with Crippen molar-refractivity contribution in [2.45, 2.75) is 6.54 Å². The molecule has 0 spiro atoms. The van der Waals surface area contributed by atoms with Gasteiger partial charge in [0.25, 0.3) is 0 Å². The van der Waals surface area contributed by atoms with E-state index in [1.807, 2.05) is 42.5 Å². The van der Waals surface area contributed by atoms with Crippen molar-refractivity contribution >= 4 is 11.6 Å². The second-order valence-corrected chi connectivity index (χ2v) is 4.18.